The zero-order valence-electron chi connectivity index (χ0n) is 15.0. The average Bonchev–Trinajstić information content (AvgIpc) is 2.54. The molecule has 0 aliphatic rings. The highest BCUT2D eigenvalue weighted by atomic mass is 16.5. The average molecular weight is 307 g/mol. The van der Waals surface area contributed by atoms with Gasteiger partial charge in [0, 0.05) is 0 Å². The molecule has 22 heavy (non-hydrogen) atoms. The molecule has 128 valence electrons. The van der Waals surface area contributed by atoms with Crippen molar-refractivity contribution in [2.45, 2.75) is 103 Å². The molecule has 0 radical (unpaired) electrons. The van der Waals surface area contributed by atoms with Gasteiger partial charge in [-0.25, -0.2) is 0 Å². The normalized spacial score (nSPS) is 10.9. The van der Waals surface area contributed by atoms with Crippen LogP contribution in [0.25, 0.3) is 0 Å². The molecule has 0 spiro atoms. The summed E-state index contributed by atoms with van der Waals surface area (Å²) in [7, 11) is 0. The van der Waals surface area contributed by atoms with E-state index in [-0.39, 0.29) is 0 Å². The molecule has 0 heterocycles. The standard InChI is InChI=1S/C21H38O/c1-3-5-6-7-8-9-10-11-12-13-14-15-16-17-18-19-21-22-20-4-2/h2,19,21H,3,5-18,20H2,1H3/b21-19+. The van der Waals surface area contributed by atoms with Crippen molar-refractivity contribution in [1.29, 1.82) is 0 Å². The van der Waals surface area contributed by atoms with Crippen LogP contribution in [-0.4, -0.2) is 6.61 Å². The van der Waals surface area contributed by atoms with E-state index in [0.29, 0.717) is 6.61 Å². The van der Waals surface area contributed by atoms with E-state index in [2.05, 4.69) is 18.9 Å². The fourth-order valence-electron chi connectivity index (χ4n) is 2.69. The van der Waals surface area contributed by atoms with E-state index < -0.39 is 0 Å². The molecule has 0 unspecified atom stereocenters. The Balaban J connectivity index is 3.00. The number of ether oxygens (including phenoxy) is 1. The van der Waals surface area contributed by atoms with Crippen molar-refractivity contribution in [2.75, 3.05) is 6.61 Å². The molecule has 0 aromatic heterocycles. The molecular formula is C21H38O. The SMILES string of the molecule is C#CCO/C=C/CCCCCCCCCCCCCCCC. The number of hydrogen-bond donors (Lipinski definition) is 0. The number of terminal acetylenes is 1. The van der Waals surface area contributed by atoms with Crippen molar-refractivity contribution < 1.29 is 4.74 Å². The van der Waals surface area contributed by atoms with E-state index in [4.69, 9.17) is 11.2 Å². The summed E-state index contributed by atoms with van der Waals surface area (Å²) in [4.78, 5) is 0. The third kappa shape index (κ3) is 19.1. The minimum absolute atomic E-state index is 0.384. The molecule has 0 amide bonds. The summed E-state index contributed by atoms with van der Waals surface area (Å²) < 4.78 is 5.09. The summed E-state index contributed by atoms with van der Waals surface area (Å²) >= 11 is 0. The lowest BCUT2D eigenvalue weighted by Crippen LogP contribution is -1.83. The second kappa shape index (κ2) is 20.1. The minimum atomic E-state index is 0.384. The van der Waals surface area contributed by atoms with Gasteiger partial charge in [0.25, 0.3) is 0 Å². The molecule has 0 aromatic carbocycles. The first-order chi connectivity index (χ1) is 10.9. The maximum absolute atomic E-state index is 5.09. The lowest BCUT2D eigenvalue weighted by molar-refractivity contribution is 0.295. The van der Waals surface area contributed by atoms with Crippen LogP contribution < -0.4 is 0 Å². The number of hydrogen-bond acceptors (Lipinski definition) is 1. The summed E-state index contributed by atoms with van der Waals surface area (Å²) in [6.45, 7) is 2.67. The molecule has 0 N–H and O–H groups in total. The van der Waals surface area contributed by atoms with Crippen LogP contribution in [0.1, 0.15) is 103 Å². The molecule has 0 aliphatic heterocycles. The van der Waals surface area contributed by atoms with Crippen LogP contribution in [0.5, 0.6) is 0 Å². The van der Waals surface area contributed by atoms with Gasteiger partial charge in [-0.3, -0.25) is 0 Å². The van der Waals surface area contributed by atoms with Crippen LogP contribution in [0, 0.1) is 12.3 Å². The Morgan fingerprint density at radius 3 is 1.64 bits per heavy atom. The van der Waals surface area contributed by atoms with Crippen LogP contribution >= 0.6 is 0 Å². The number of allylic oxidation sites excluding steroid dienone is 1. The molecule has 0 rings (SSSR count). The predicted molar refractivity (Wildman–Crippen MR) is 98.9 cm³/mol. The fourth-order valence-corrected chi connectivity index (χ4v) is 2.69. The first kappa shape index (κ1) is 21.1. The van der Waals surface area contributed by atoms with E-state index >= 15 is 0 Å². The van der Waals surface area contributed by atoms with Crippen molar-refractivity contribution in [3.63, 3.8) is 0 Å². The highest BCUT2D eigenvalue weighted by molar-refractivity contribution is 4.85. The molecule has 1 heteroatoms. The molecule has 0 aromatic rings. The molecule has 0 bridgehead atoms. The Hall–Kier alpha value is -0.900. The van der Waals surface area contributed by atoms with E-state index in [0.717, 1.165) is 6.42 Å². The summed E-state index contributed by atoms with van der Waals surface area (Å²) in [5.41, 5.74) is 0. The van der Waals surface area contributed by atoms with E-state index in [1.54, 1.807) is 6.26 Å². The second-order valence-corrected chi connectivity index (χ2v) is 6.27. The predicted octanol–water partition coefficient (Wildman–Crippen LogP) is 7.02. The Kier molecular flexibility index (Phi) is 19.3. The summed E-state index contributed by atoms with van der Waals surface area (Å²) in [6, 6.07) is 0. The summed E-state index contributed by atoms with van der Waals surface area (Å²) in [5.74, 6) is 2.45. The first-order valence-electron chi connectivity index (χ1n) is 9.62. The third-order valence-electron chi connectivity index (χ3n) is 4.08. The van der Waals surface area contributed by atoms with Crippen molar-refractivity contribution in [3.05, 3.63) is 12.3 Å². The van der Waals surface area contributed by atoms with E-state index in [1.807, 2.05) is 0 Å². The lowest BCUT2D eigenvalue weighted by Gasteiger charge is -2.02. The van der Waals surface area contributed by atoms with Crippen LogP contribution in [0.15, 0.2) is 12.3 Å². The quantitative estimate of drug-likeness (QED) is 0.159. The molecule has 0 aliphatic carbocycles. The van der Waals surface area contributed by atoms with Crippen LogP contribution in [0.4, 0.5) is 0 Å². The highest BCUT2D eigenvalue weighted by Gasteiger charge is 1.93. The molecule has 0 fully saturated rings. The highest BCUT2D eigenvalue weighted by Crippen LogP contribution is 2.13. The van der Waals surface area contributed by atoms with Gasteiger partial charge in [0.1, 0.15) is 6.61 Å². The topological polar surface area (TPSA) is 9.23 Å². The van der Waals surface area contributed by atoms with Gasteiger partial charge in [-0.05, 0) is 18.9 Å². The van der Waals surface area contributed by atoms with Crippen molar-refractivity contribution >= 4 is 0 Å². The van der Waals surface area contributed by atoms with Crippen molar-refractivity contribution in [1.82, 2.24) is 0 Å². The first-order valence-corrected chi connectivity index (χ1v) is 9.62. The van der Waals surface area contributed by atoms with Gasteiger partial charge < -0.3 is 4.74 Å². The Morgan fingerprint density at radius 1 is 0.727 bits per heavy atom. The maximum Gasteiger partial charge on any atom is 0.147 e. The summed E-state index contributed by atoms with van der Waals surface area (Å²) in [5, 5.41) is 0. The largest absolute Gasteiger partial charge is 0.489 e. The number of rotatable bonds is 17. The fraction of sp³-hybridized carbons (Fsp3) is 0.810. The molecule has 0 atom stereocenters. The van der Waals surface area contributed by atoms with Crippen LogP contribution in [-0.2, 0) is 4.74 Å². The van der Waals surface area contributed by atoms with Crippen molar-refractivity contribution in [3.8, 4) is 12.3 Å². The second-order valence-electron chi connectivity index (χ2n) is 6.27. The Morgan fingerprint density at radius 2 is 1.18 bits per heavy atom. The van der Waals surface area contributed by atoms with Gasteiger partial charge in [0.15, 0.2) is 0 Å². The van der Waals surface area contributed by atoms with E-state index in [1.165, 1.54) is 89.9 Å². The van der Waals surface area contributed by atoms with Gasteiger partial charge in [0.2, 0.25) is 0 Å². The number of unbranched alkanes of at least 4 members (excludes halogenated alkanes) is 14. The maximum atomic E-state index is 5.09. The van der Waals surface area contributed by atoms with Crippen LogP contribution in [0.2, 0.25) is 0 Å². The molecule has 1 nitrogen and oxygen atoms in total. The van der Waals surface area contributed by atoms with Gasteiger partial charge in [-0.1, -0.05) is 96.3 Å². The molecule has 0 saturated heterocycles. The molecular weight excluding hydrogens is 268 g/mol. The van der Waals surface area contributed by atoms with Gasteiger partial charge in [0.05, 0.1) is 6.26 Å². The van der Waals surface area contributed by atoms with Gasteiger partial charge in [-0.2, -0.15) is 0 Å². The third-order valence-corrected chi connectivity index (χ3v) is 4.08. The summed E-state index contributed by atoms with van der Waals surface area (Å²) in [6.07, 6.45) is 29.8. The zero-order valence-corrected chi connectivity index (χ0v) is 15.0. The Bertz CT molecular complexity index is 262. The van der Waals surface area contributed by atoms with Crippen molar-refractivity contribution in [2.24, 2.45) is 0 Å². The minimum Gasteiger partial charge on any atom is -0.489 e. The lowest BCUT2D eigenvalue weighted by atomic mass is 10.0. The van der Waals surface area contributed by atoms with E-state index in [9.17, 15) is 0 Å². The van der Waals surface area contributed by atoms with Gasteiger partial charge >= 0.3 is 0 Å². The zero-order chi connectivity index (χ0) is 16.1. The Labute approximate surface area is 139 Å². The smallest absolute Gasteiger partial charge is 0.147 e. The monoisotopic (exact) mass is 306 g/mol. The van der Waals surface area contributed by atoms with Gasteiger partial charge in [-0.15, -0.1) is 6.42 Å². The molecule has 0 saturated carbocycles. The van der Waals surface area contributed by atoms with Crippen LogP contribution in [0.3, 0.4) is 0 Å².